The van der Waals surface area contributed by atoms with E-state index in [-0.39, 0.29) is 5.02 Å². The molecule has 1 aromatic carbocycles. The molecule has 0 atom stereocenters. The molecule has 0 radical (unpaired) electrons. The highest BCUT2D eigenvalue weighted by Gasteiger charge is 2.23. The minimum atomic E-state index is -0.825. The van der Waals surface area contributed by atoms with E-state index in [2.05, 4.69) is 0 Å². The van der Waals surface area contributed by atoms with E-state index in [1.54, 1.807) is 0 Å². The van der Waals surface area contributed by atoms with Crippen molar-refractivity contribution in [3.8, 4) is 0 Å². The van der Waals surface area contributed by atoms with E-state index < -0.39 is 26.9 Å². The molecule has 10 heteroatoms. The van der Waals surface area contributed by atoms with Gasteiger partial charge in [0.05, 0.1) is 14.9 Å². The highest BCUT2D eigenvalue weighted by Crippen LogP contribution is 2.34. The van der Waals surface area contributed by atoms with Crippen molar-refractivity contribution >= 4 is 35.5 Å². The molecule has 0 saturated heterocycles. The lowest BCUT2D eigenvalue weighted by atomic mass is 10.2. The number of aliphatic hydroxyl groups excluding tert-OH is 1. The predicted molar refractivity (Wildman–Crippen MR) is 64.4 cm³/mol. The van der Waals surface area contributed by atoms with Crippen LogP contribution in [0.25, 0.3) is 0 Å². The van der Waals surface area contributed by atoms with Gasteiger partial charge in [-0.3, -0.25) is 20.2 Å². The molecule has 0 heterocycles. The Hall–Kier alpha value is -2.26. The van der Waals surface area contributed by atoms with Gasteiger partial charge in [-0.15, -0.1) is 0 Å². The number of anilines is 1. The number of nitrogens with two attached hydrogens (primary N) is 1. The molecule has 1 aromatic rings. The largest absolute Gasteiger partial charge is 0.400 e. The summed E-state index contributed by atoms with van der Waals surface area (Å²) in [5, 5.41) is 27.7. The number of nitro benzene ring substituents is 2. The van der Waals surface area contributed by atoms with Gasteiger partial charge in [0.25, 0.3) is 0 Å². The van der Waals surface area contributed by atoms with Gasteiger partial charge >= 0.3 is 11.4 Å². The van der Waals surface area contributed by atoms with Crippen LogP contribution in [0.4, 0.5) is 17.1 Å². The fraction of sp³-hybridized carbons (Fsp3) is 0.125. The summed E-state index contributed by atoms with van der Waals surface area (Å²) < 4.78 is 0. The van der Waals surface area contributed by atoms with Crippen LogP contribution in [-0.2, 0) is 4.79 Å². The molecule has 0 aliphatic rings. The molecular weight excluding hydrogens is 270 g/mol. The number of rotatable bonds is 2. The van der Waals surface area contributed by atoms with Crippen molar-refractivity contribution in [2.24, 2.45) is 0 Å². The molecule has 0 aliphatic carbocycles. The van der Waals surface area contributed by atoms with Crippen LogP contribution in [0.3, 0.4) is 0 Å². The fourth-order valence-corrected chi connectivity index (χ4v) is 1.10. The number of nitrogen functional groups attached to an aromatic ring is 1. The van der Waals surface area contributed by atoms with Gasteiger partial charge in [-0.25, -0.2) is 0 Å². The summed E-state index contributed by atoms with van der Waals surface area (Å²) in [6, 6.07) is 1.92. The second-order valence-electron chi connectivity index (χ2n) is 2.37. The Bertz CT molecular complexity index is 404. The van der Waals surface area contributed by atoms with E-state index in [0.29, 0.717) is 0 Å². The zero-order chi connectivity index (χ0) is 14.9. The molecule has 0 spiro atoms. The van der Waals surface area contributed by atoms with Crippen molar-refractivity contribution < 1.29 is 19.7 Å². The number of carbonyl (C=O) groups excluding carboxylic acids is 1. The van der Waals surface area contributed by atoms with Crippen LogP contribution in [0.15, 0.2) is 12.1 Å². The lowest BCUT2D eigenvalue weighted by Gasteiger charge is -1.99. The number of carbonyl (C=O) groups is 1. The third-order valence-corrected chi connectivity index (χ3v) is 1.71. The molecule has 3 N–H and O–H groups in total. The van der Waals surface area contributed by atoms with Crippen LogP contribution < -0.4 is 5.73 Å². The first kappa shape index (κ1) is 18.1. The van der Waals surface area contributed by atoms with Crippen LogP contribution >= 0.6 is 11.6 Å². The van der Waals surface area contributed by atoms with Crippen molar-refractivity contribution in [3.05, 3.63) is 37.4 Å². The van der Waals surface area contributed by atoms with Gasteiger partial charge in [0, 0.05) is 19.2 Å². The molecule has 0 saturated carbocycles. The Kier molecular flexibility index (Phi) is 8.90. The average Bonchev–Trinajstić information content (AvgIpc) is 2.36. The maximum absolute atomic E-state index is 10.4. The van der Waals surface area contributed by atoms with Gasteiger partial charge in [0.15, 0.2) is 5.69 Å². The van der Waals surface area contributed by atoms with Crippen LogP contribution in [0.5, 0.6) is 0 Å². The number of hydrogen-bond donors (Lipinski definition) is 2. The molecule has 0 unspecified atom stereocenters. The lowest BCUT2D eigenvalue weighted by molar-refractivity contribution is -0.392. The molecule has 0 aliphatic heterocycles. The molecule has 0 aromatic heterocycles. The average molecular weight is 280 g/mol. The monoisotopic (exact) mass is 279 g/mol. The van der Waals surface area contributed by atoms with Gasteiger partial charge in [0.1, 0.15) is 6.79 Å². The van der Waals surface area contributed by atoms with Crippen molar-refractivity contribution in [2.45, 2.75) is 0 Å². The Balaban J connectivity index is 0. The van der Waals surface area contributed by atoms with Crippen LogP contribution in [0.2, 0.25) is 5.02 Å². The molecule has 100 valence electrons. The van der Waals surface area contributed by atoms with Crippen molar-refractivity contribution in [3.63, 3.8) is 0 Å². The summed E-state index contributed by atoms with van der Waals surface area (Å²) in [7, 11) is 1.00. The number of nitro groups is 2. The van der Waals surface area contributed by atoms with E-state index in [9.17, 15) is 20.2 Å². The molecule has 0 fully saturated rings. The second-order valence-corrected chi connectivity index (χ2v) is 2.81. The fourth-order valence-electron chi connectivity index (χ4n) is 0.892. The molecule has 0 bridgehead atoms. The van der Waals surface area contributed by atoms with E-state index in [4.69, 9.17) is 27.2 Å². The highest BCUT2D eigenvalue weighted by atomic mass is 35.5. The quantitative estimate of drug-likeness (QED) is 0.468. The van der Waals surface area contributed by atoms with Gasteiger partial charge in [-0.05, 0) is 0 Å². The molecule has 18 heavy (non-hydrogen) atoms. The molecule has 0 amide bonds. The third-order valence-electron chi connectivity index (χ3n) is 1.49. The first-order chi connectivity index (χ1) is 8.43. The standard InChI is InChI=1S/C6H4ClN3O4.CH4O.CH2O/c7-3-1-4(9(11)12)6(8)5(2-3)10(13)14;2*1-2/h1-2H,8H2;2H,1H3;1H2. The first-order valence-electron chi connectivity index (χ1n) is 4.05. The van der Waals surface area contributed by atoms with Crippen LogP contribution in [0.1, 0.15) is 0 Å². The number of hydrogen-bond acceptors (Lipinski definition) is 7. The number of nitrogens with zero attached hydrogens (tertiary/aromatic N) is 2. The van der Waals surface area contributed by atoms with Gasteiger partial charge < -0.3 is 15.6 Å². The van der Waals surface area contributed by atoms with Crippen LogP contribution in [-0.4, -0.2) is 28.9 Å². The Morgan fingerprint density at radius 3 is 1.67 bits per heavy atom. The maximum atomic E-state index is 10.4. The van der Waals surface area contributed by atoms with E-state index >= 15 is 0 Å². The van der Waals surface area contributed by atoms with Gasteiger partial charge in [0.2, 0.25) is 0 Å². The smallest absolute Gasteiger partial charge is 0.300 e. The van der Waals surface area contributed by atoms with Crippen LogP contribution in [0, 0.1) is 20.2 Å². The molecular formula is C8H10ClN3O6. The maximum Gasteiger partial charge on any atom is 0.300 e. The summed E-state index contributed by atoms with van der Waals surface area (Å²) in [5.74, 6) is 0. The topological polar surface area (TPSA) is 150 Å². The Morgan fingerprint density at radius 1 is 1.17 bits per heavy atom. The lowest BCUT2D eigenvalue weighted by Crippen LogP contribution is -2.00. The zero-order valence-electron chi connectivity index (χ0n) is 9.20. The van der Waals surface area contributed by atoms with Gasteiger partial charge in [-0.1, -0.05) is 11.6 Å². The number of halogens is 1. The normalized spacial score (nSPS) is 8.17. The van der Waals surface area contributed by atoms with E-state index in [1.165, 1.54) is 0 Å². The van der Waals surface area contributed by atoms with Crippen molar-refractivity contribution in [1.82, 2.24) is 0 Å². The Labute approximate surface area is 106 Å². The predicted octanol–water partition coefficient (Wildman–Crippen LogP) is 1.16. The molecule has 9 nitrogen and oxygen atoms in total. The van der Waals surface area contributed by atoms with Crippen molar-refractivity contribution in [1.29, 1.82) is 0 Å². The van der Waals surface area contributed by atoms with E-state index in [1.807, 2.05) is 6.79 Å². The number of benzene rings is 1. The number of aliphatic hydroxyl groups is 1. The molecule has 1 rings (SSSR count). The van der Waals surface area contributed by atoms with Gasteiger partial charge in [-0.2, -0.15) is 0 Å². The van der Waals surface area contributed by atoms with Crippen molar-refractivity contribution in [2.75, 3.05) is 12.8 Å². The first-order valence-corrected chi connectivity index (χ1v) is 4.42. The summed E-state index contributed by atoms with van der Waals surface area (Å²) in [4.78, 5) is 27.1. The SMILES string of the molecule is C=O.CO.Nc1c([N+](=O)[O-])cc(Cl)cc1[N+](=O)[O-]. The summed E-state index contributed by atoms with van der Waals surface area (Å²) in [6.07, 6.45) is 0. The second kappa shape index (κ2) is 8.84. The minimum Gasteiger partial charge on any atom is -0.400 e. The highest BCUT2D eigenvalue weighted by molar-refractivity contribution is 6.31. The minimum absolute atomic E-state index is 0.0994. The Morgan fingerprint density at radius 2 is 1.44 bits per heavy atom. The summed E-state index contributed by atoms with van der Waals surface area (Å²) >= 11 is 5.45. The summed E-state index contributed by atoms with van der Waals surface area (Å²) in [6.45, 7) is 2.00. The van der Waals surface area contributed by atoms with E-state index in [0.717, 1.165) is 19.2 Å². The summed E-state index contributed by atoms with van der Waals surface area (Å²) in [5.41, 5.74) is 3.59. The zero-order valence-corrected chi connectivity index (χ0v) is 9.96. The third kappa shape index (κ3) is 4.72.